The van der Waals surface area contributed by atoms with Crippen LogP contribution in [0.3, 0.4) is 0 Å². The van der Waals surface area contributed by atoms with Gasteiger partial charge in [0.05, 0.1) is 18.8 Å². The first-order valence-electron chi connectivity index (χ1n) is 38.4. The summed E-state index contributed by atoms with van der Waals surface area (Å²) in [5.41, 5.74) is 0. The highest BCUT2D eigenvalue weighted by atomic mass is 16.3. The van der Waals surface area contributed by atoms with Crippen molar-refractivity contribution < 1.29 is 15.0 Å². The Bertz CT molecular complexity index is 1160. The number of allylic oxidation sites excluding steroid dienone is 1. The second-order valence-corrected chi connectivity index (χ2v) is 26.8. The third kappa shape index (κ3) is 69.8. The van der Waals surface area contributed by atoms with Crippen LogP contribution in [0.2, 0.25) is 0 Å². The topological polar surface area (TPSA) is 69.6 Å². The smallest absolute Gasteiger partial charge is 0.220 e. The first-order valence-corrected chi connectivity index (χ1v) is 38.4. The van der Waals surface area contributed by atoms with Crippen LogP contribution in [-0.2, 0) is 4.79 Å². The zero-order chi connectivity index (χ0) is 58.4. The van der Waals surface area contributed by atoms with Crippen molar-refractivity contribution in [1.82, 2.24) is 5.32 Å². The van der Waals surface area contributed by atoms with Gasteiger partial charge in [-0.05, 0) is 19.3 Å². The van der Waals surface area contributed by atoms with Crippen molar-refractivity contribution in [3.8, 4) is 0 Å². The molecule has 0 saturated heterocycles. The van der Waals surface area contributed by atoms with Crippen LogP contribution < -0.4 is 5.32 Å². The van der Waals surface area contributed by atoms with Gasteiger partial charge in [0.15, 0.2) is 0 Å². The Morgan fingerprint density at radius 1 is 0.284 bits per heavy atom. The number of aliphatic hydroxyl groups excluding tert-OH is 2. The Balaban J connectivity index is 3.35. The quantitative estimate of drug-likeness (QED) is 0.0420. The molecule has 0 aromatic carbocycles. The van der Waals surface area contributed by atoms with E-state index in [9.17, 15) is 15.0 Å². The second-order valence-electron chi connectivity index (χ2n) is 26.8. The predicted octanol–water partition coefficient (Wildman–Crippen LogP) is 26.3. The number of hydrogen-bond acceptors (Lipinski definition) is 3. The van der Waals surface area contributed by atoms with Gasteiger partial charge in [0.2, 0.25) is 5.91 Å². The molecular formula is C77H153NO3. The van der Waals surface area contributed by atoms with Gasteiger partial charge in [0, 0.05) is 6.42 Å². The molecule has 0 radical (unpaired) electrons. The van der Waals surface area contributed by atoms with Crippen LogP contribution in [0.1, 0.15) is 457 Å². The Hall–Kier alpha value is -0.870. The fourth-order valence-electron chi connectivity index (χ4n) is 12.7. The van der Waals surface area contributed by atoms with Crippen LogP contribution in [0.5, 0.6) is 0 Å². The highest BCUT2D eigenvalue weighted by molar-refractivity contribution is 5.76. The van der Waals surface area contributed by atoms with Gasteiger partial charge in [-0.2, -0.15) is 0 Å². The molecule has 0 aromatic rings. The first kappa shape index (κ1) is 80.1. The lowest BCUT2D eigenvalue weighted by atomic mass is 10.0. The molecule has 2 unspecified atom stereocenters. The van der Waals surface area contributed by atoms with E-state index in [1.54, 1.807) is 6.08 Å². The monoisotopic (exact) mass is 1140 g/mol. The zero-order valence-corrected chi connectivity index (χ0v) is 56.1. The lowest BCUT2D eigenvalue weighted by Gasteiger charge is -2.20. The number of nitrogens with one attached hydrogen (secondary N) is 1. The highest BCUT2D eigenvalue weighted by Gasteiger charge is 2.18. The third-order valence-corrected chi connectivity index (χ3v) is 18.5. The van der Waals surface area contributed by atoms with Gasteiger partial charge >= 0.3 is 0 Å². The SMILES string of the molecule is CCCCCCCCCCCCCCCCCCCCCCCCCCCC/C=C/C(O)C(CO)NC(=O)CCCCCCCCCCCCCCCCCCCCCCCCCCCCCCCCCCCCCCCCCCC. The molecular weight excluding hydrogens is 987 g/mol. The van der Waals surface area contributed by atoms with E-state index in [-0.39, 0.29) is 12.5 Å². The summed E-state index contributed by atoms with van der Waals surface area (Å²) in [4.78, 5) is 12.6. The van der Waals surface area contributed by atoms with Crippen LogP contribution in [0.25, 0.3) is 0 Å². The summed E-state index contributed by atoms with van der Waals surface area (Å²) in [6.07, 6.45) is 99.2. The molecule has 0 bridgehead atoms. The molecule has 81 heavy (non-hydrogen) atoms. The van der Waals surface area contributed by atoms with Gasteiger partial charge in [-0.15, -0.1) is 0 Å². The normalized spacial score (nSPS) is 12.6. The Morgan fingerprint density at radius 3 is 0.642 bits per heavy atom. The summed E-state index contributed by atoms with van der Waals surface area (Å²) in [7, 11) is 0. The Morgan fingerprint density at radius 2 is 0.457 bits per heavy atom. The fraction of sp³-hybridized carbons (Fsp3) is 0.961. The maximum absolute atomic E-state index is 12.6. The summed E-state index contributed by atoms with van der Waals surface area (Å²) in [5, 5.41) is 23.3. The molecule has 0 rings (SSSR count). The number of aliphatic hydroxyl groups is 2. The maximum atomic E-state index is 12.6. The average molecular weight is 1140 g/mol. The summed E-state index contributed by atoms with van der Waals surface area (Å²) in [6.45, 7) is 4.37. The standard InChI is InChI=1S/C77H153NO3/c1-3-5-7-9-11-13-15-17-19-21-23-25-27-29-31-33-34-35-36-37-38-39-40-41-42-43-44-45-47-49-51-53-55-57-59-61-63-65-67-69-71-73-77(81)78-75(74-79)76(80)72-70-68-66-64-62-60-58-56-54-52-50-48-46-32-30-28-26-24-22-20-18-16-14-12-10-8-6-4-2/h70,72,75-76,79-80H,3-69,71,73-74H2,1-2H3,(H,78,81)/b72-70+. The molecule has 0 heterocycles. The minimum Gasteiger partial charge on any atom is -0.394 e. The van der Waals surface area contributed by atoms with Crippen molar-refractivity contribution in [2.45, 2.75) is 469 Å². The van der Waals surface area contributed by atoms with Crippen LogP contribution in [0.15, 0.2) is 12.2 Å². The molecule has 0 fully saturated rings. The summed E-state index contributed by atoms with van der Waals surface area (Å²) in [6, 6.07) is -0.620. The molecule has 0 aliphatic rings. The Kier molecular flexibility index (Phi) is 72.6. The molecule has 0 aliphatic heterocycles. The van der Waals surface area contributed by atoms with E-state index in [0.29, 0.717) is 6.42 Å². The summed E-state index contributed by atoms with van der Waals surface area (Å²) >= 11 is 0. The molecule has 0 aliphatic carbocycles. The molecule has 0 aromatic heterocycles. The fourth-order valence-corrected chi connectivity index (χ4v) is 12.7. The molecule has 4 nitrogen and oxygen atoms in total. The number of hydrogen-bond donors (Lipinski definition) is 3. The van der Waals surface area contributed by atoms with E-state index in [2.05, 4.69) is 19.2 Å². The number of unbranched alkanes of at least 4 members (excludes halogenated alkanes) is 66. The number of rotatable bonds is 73. The molecule has 484 valence electrons. The van der Waals surface area contributed by atoms with Gasteiger partial charge in [-0.1, -0.05) is 443 Å². The maximum Gasteiger partial charge on any atom is 0.220 e. The number of carbonyl (C=O) groups excluding carboxylic acids is 1. The molecule has 3 N–H and O–H groups in total. The Labute approximate surface area is 511 Å². The van der Waals surface area contributed by atoms with E-state index in [4.69, 9.17) is 0 Å². The van der Waals surface area contributed by atoms with Crippen molar-refractivity contribution in [1.29, 1.82) is 0 Å². The lowest BCUT2D eigenvalue weighted by Crippen LogP contribution is -2.45. The first-order chi connectivity index (χ1) is 40.2. The van der Waals surface area contributed by atoms with E-state index < -0.39 is 12.1 Å². The summed E-state index contributed by atoms with van der Waals surface area (Å²) < 4.78 is 0. The van der Waals surface area contributed by atoms with E-state index in [1.165, 1.54) is 411 Å². The highest BCUT2D eigenvalue weighted by Crippen LogP contribution is 2.20. The molecule has 1 amide bonds. The van der Waals surface area contributed by atoms with Gasteiger partial charge in [-0.3, -0.25) is 4.79 Å². The minimum atomic E-state index is -0.838. The van der Waals surface area contributed by atoms with Crippen molar-refractivity contribution in [2.24, 2.45) is 0 Å². The van der Waals surface area contributed by atoms with Gasteiger partial charge in [0.25, 0.3) is 0 Å². The van der Waals surface area contributed by atoms with E-state index >= 15 is 0 Å². The van der Waals surface area contributed by atoms with Gasteiger partial charge in [-0.25, -0.2) is 0 Å². The van der Waals surface area contributed by atoms with Gasteiger partial charge in [0.1, 0.15) is 0 Å². The number of carbonyl (C=O) groups is 1. The molecule has 0 spiro atoms. The predicted molar refractivity (Wildman–Crippen MR) is 364 cm³/mol. The summed E-state index contributed by atoms with van der Waals surface area (Å²) in [5.74, 6) is -0.0522. The van der Waals surface area contributed by atoms with Gasteiger partial charge < -0.3 is 15.5 Å². The van der Waals surface area contributed by atoms with Crippen molar-refractivity contribution in [3.63, 3.8) is 0 Å². The minimum absolute atomic E-state index is 0.0522. The van der Waals surface area contributed by atoms with E-state index in [1.807, 2.05) is 6.08 Å². The third-order valence-electron chi connectivity index (χ3n) is 18.5. The van der Waals surface area contributed by atoms with Crippen LogP contribution in [0, 0.1) is 0 Å². The van der Waals surface area contributed by atoms with Crippen LogP contribution in [0.4, 0.5) is 0 Å². The second kappa shape index (κ2) is 73.4. The van der Waals surface area contributed by atoms with Crippen molar-refractivity contribution >= 4 is 5.91 Å². The number of amides is 1. The van der Waals surface area contributed by atoms with Crippen LogP contribution in [-0.4, -0.2) is 34.9 Å². The van der Waals surface area contributed by atoms with Crippen molar-refractivity contribution in [3.05, 3.63) is 12.2 Å². The molecule has 2 atom stereocenters. The van der Waals surface area contributed by atoms with E-state index in [0.717, 1.165) is 25.7 Å². The molecule has 4 heteroatoms. The lowest BCUT2D eigenvalue weighted by molar-refractivity contribution is -0.123. The molecule has 0 saturated carbocycles. The van der Waals surface area contributed by atoms with Crippen LogP contribution >= 0.6 is 0 Å². The zero-order valence-electron chi connectivity index (χ0n) is 56.1. The van der Waals surface area contributed by atoms with Crippen molar-refractivity contribution in [2.75, 3.05) is 6.61 Å². The largest absolute Gasteiger partial charge is 0.394 e. The average Bonchev–Trinajstić information content (AvgIpc) is 3.47.